The molecule has 0 spiro atoms. The van der Waals surface area contributed by atoms with Crippen molar-refractivity contribution in [2.75, 3.05) is 30.3 Å². The molecule has 0 aliphatic carbocycles. The molecule has 0 aliphatic heterocycles. The van der Waals surface area contributed by atoms with Gasteiger partial charge in [-0.1, -0.05) is 6.07 Å². The summed E-state index contributed by atoms with van der Waals surface area (Å²) in [7, 11) is 0. The van der Waals surface area contributed by atoms with E-state index in [9.17, 15) is 0 Å². The Kier molecular flexibility index (Phi) is 5.64. The number of hydrogen-bond donors (Lipinski definition) is 2. The van der Waals surface area contributed by atoms with Gasteiger partial charge in [0.1, 0.15) is 11.6 Å². The molecule has 0 aromatic carbocycles. The third kappa shape index (κ3) is 4.98. The summed E-state index contributed by atoms with van der Waals surface area (Å²) >= 11 is 0. The summed E-state index contributed by atoms with van der Waals surface area (Å²) in [6, 6.07) is 5.89. The molecule has 4 nitrogen and oxygen atoms in total. The smallest absolute Gasteiger partial charge is 0.128 e. The van der Waals surface area contributed by atoms with E-state index in [1.54, 1.807) is 0 Å². The van der Waals surface area contributed by atoms with E-state index in [0.29, 0.717) is 6.61 Å². The van der Waals surface area contributed by atoms with Crippen LogP contribution in [0.2, 0.25) is 0 Å². The number of hydrogen-bond acceptors (Lipinski definition) is 4. The molecular formula is C12H21N3O. The minimum Gasteiger partial charge on any atom is -0.377 e. The van der Waals surface area contributed by atoms with Gasteiger partial charge in [0, 0.05) is 13.1 Å². The minimum atomic E-state index is 0.280. The Morgan fingerprint density at radius 1 is 1.25 bits per heavy atom. The quantitative estimate of drug-likeness (QED) is 0.697. The fraction of sp³-hybridized carbons (Fsp3) is 0.583. The highest BCUT2D eigenvalue weighted by Gasteiger charge is 1.96. The molecule has 0 amide bonds. The van der Waals surface area contributed by atoms with Gasteiger partial charge in [-0.05, 0) is 32.9 Å². The topological polar surface area (TPSA) is 46.2 Å². The summed E-state index contributed by atoms with van der Waals surface area (Å²) < 4.78 is 5.44. The summed E-state index contributed by atoms with van der Waals surface area (Å²) in [5, 5.41) is 6.40. The zero-order valence-corrected chi connectivity index (χ0v) is 10.3. The van der Waals surface area contributed by atoms with E-state index in [1.807, 2.05) is 32.0 Å². The lowest BCUT2D eigenvalue weighted by molar-refractivity contribution is 0.0870. The Morgan fingerprint density at radius 2 is 1.94 bits per heavy atom. The molecule has 0 fully saturated rings. The lowest BCUT2D eigenvalue weighted by Crippen LogP contribution is -2.14. The second-order valence-corrected chi connectivity index (χ2v) is 3.78. The predicted octanol–water partition coefficient (Wildman–Crippen LogP) is 2.35. The molecule has 0 aliphatic rings. The van der Waals surface area contributed by atoms with Gasteiger partial charge in [0.15, 0.2) is 0 Å². The van der Waals surface area contributed by atoms with Crippen LogP contribution in [0.1, 0.15) is 20.8 Å². The number of nitrogens with zero attached hydrogens (tertiary/aromatic N) is 1. The van der Waals surface area contributed by atoms with E-state index in [0.717, 1.165) is 24.7 Å². The number of aromatic nitrogens is 1. The highest BCUT2D eigenvalue weighted by molar-refractivity contribution is 5.44. The molecule has 4 heteroatoms. The fourth-order valence-electron chi connectivity index (χ4n) is 1.29. The van der Waals surface area contributed by atoms with Gasteiger partial charge in [-0.25, -0.2) is 4.98 Å². The van der Waals surface area contributed by atoms with Crippen LogP contribution in [0.3, 0.4) is 0 Å². The van der Waals surface area contributed by atoms with Crippen molar-refractivity contribution in [3.8, 4) is 0 Å². The van der Waals surface area contributed by atoms with Crippen molar-refractivity contribution in [3.05, 3.63) is 18.2 Å². The van der Waals surface area contributed by atoms with Gasteiger partial charge in [0.25, 0.3) is 0 Å². The number of anilines is 2. The second kappa shape index (κ2) is 7.06. The highest BCUT2D eigenvalue weighted by atomic mass is 16.5. The number of rotatable bonds is 7. The second-order valence-electron chi connectivity index (χ2n) is 3.78. The number of pyridine rings is 1. The molecule has 2 N–H and O–H groups in total. The maximum atomic E-state index is 5.44. The van der Waals surface area contributed by atoms with Crippen LogP contribution < -0.4 is 10.6 Å². The molecule has 90 valence electrons. The first kappa shape index (κ1) is 12.8. The van der Waals surface area contributed by atoms with Gasteiger partial charge < -0.3 is 15.4 Å². The zero-order chi connectivity index (χ0) is 11.8. The van der Waals surface area contributed by atoms with E-state index in [1.165, 1.54) is 0 Å². The fourth-order valence-corrected chi connectivity index (χ4v) is 1.29. The molecule has 0 radical (unpaired) electrons. The molecule has 0 saturated heterocycles. The molecule has 1 rings (SSSR count). The lowest BCUT2D eigenvalue weighted by Gasteiger charge is -2.10. The van der Waals surface area contributed by atoms with Crippen molar-refractivity contribution in [3.63, 3.8) is 0 Å². The van der Waals surface area contributed by atoms with Crippen LogP contribution in [-0.2, 0) is 4.74 Å². The van der Waals surface area contributed by atoms with Crippen LogP contribution >= 0.6 is 0 Å². The molecule has 0 unspecified atom stereocenters. The molecule has 1 aromatic heterocycles. The third-order valence-electron chi connectivity index (χ3n) is 1.97. The summed E-state index contributed by atoms with van der Waals surface area (Å²) in [4.78, 5) is 4.40. The van der Waals surface area contributed by atoms with Gasteiger partial charge in [-0.2, -0.15) is 0 Å². The standard InChI is InChI=1S/C12H21N3O/c1-4-13-11-6-5-7-12(15-11)14-8-9-16-10(2)3/h5-7,10H,4,8-9H2,1-3H3,(H2,13,14,15). The maximum Gasteiger partial charge on any atom is 0.128 e. The normalized spacial score (nSPS) is 10.5. The Labute approximate surface area is 97.4 Å². The van der Waals surface area contributed by atoms with Crippen LogP contribution in [-0.4, -0.2) is 30.8 Å². The molecule has 1 heterocycles. The van der Waals surface area contributed by atoms with Crippen molar-refractivity contribution >= 4 is 11.6 Å². The molecule has 0 bridgehead atoms. The summed E-state index contributed by atoms with van der Waals surface area (Å²) in [6.45, 7) is 8.48. The Morgan fingerprint density at radius 3 is 2.56 bits per heavy atom. The van der Waals surface area contributed by atoms with Gasteiger partial charge in [-0.15, -0.1) is 0 Å². The number of nitrogens with one attached hydrogen (secondary N) is 2. The van der Waals surface area contributed by atoms with Gasteiger partial charge in [-0.3, -0.25) is 0 Å². The maximum absolute atomic E-state index is 5.44. The molecule has 0 saturated carbocycles. The first-order valence-corrected chi connectivity index (χ1v) is 5.78. The first-order valence-electron chi connectivity index (χ1n) is 5.78. The molecule has 0 atom stereocenters. The molecule has 16 heavy (non-hydrogen) atoms. The van der Waals surface area contributed by atoms with E-state index < -0.39 is 0 Å². The minimum absolute atomic E-state index is 0.280. The Bertz CT molecular complexity index is 302. The van der Waals surface area contributed by atoms with E-state index in [4.69, 9.17) is 4.74 Å². The average molecular weight is 223 g/mol. The molecule has 1 aromatic rings. The summed E-state index contributed by atoms with van der Waals surface area (Å²) in [6.07, 6.45) is 0.280. The number of ether oxygens (including phenoxy) is 1. The van der Waals surface area contributed by atoms with Crippen molar-refractivity contribution in [2.45, 2.75) is 26.9 Å². The van der Waals surface area contributed by atoms with Crippen molar-refractivity contribution in [1.82, 2.24) is 4.98 Å². The average Bonchev–Trinajstić information content (AvgIpc) is 2.25. The van der Waals surface area contributed by atoms with E-state index in [-0.39, 0.29) is 6.10 Å². The summed E-state index contributed by atoms with van der Waals surface area (Å²) in [5.41, 5.74) is 0. The van der Waals surface area contributed by atoms with Crippen LogP contribution in [0.25, 0.3) is 0 Å². The van der Waals surface area contributed by atoms with Crippen LogP contribution in [0.4, 0.5) is 11.6 Å². The first-order chi connectivity index (χ1) is 7.72. The van der Waals surface area contributed by atoms with Crippen molar-refractivity contribution in [1.29, 1.82) is 0 Å². The monoisotopic (exact) mass is 223 g/mol. The molecular weight excluding hydrogens is 202 g/mol. The largest absolute Gasteiger partial charge is 0.377 e. The van der Waals surface area contributed by atoms with Crippen molar-refractivity contribution < 1.29 is 4.74 Å². The van der Waals surface area contributed by atoms with E-state index >= 15 is 0 Å². The van der Waals surface area contributed by atoms with Gasteiger partial charge in [0.2, 0.25) is 0 Å². The third-order valence-corrected chi connectivity index (χ3v) is 1.97. The van der Waals surface area contributed by atoms with Crippen molar-refractivity contribution in [2.24, 2.45) is 0 Å². The highest BCUT2D eigenvalue weighted by Crippen LogP contribution is 2.08. The van der Waals surface area contributed by atoms with Gasteiger partial charge >= 0.3 is 0 Å². The van der Waals surface area contributed by atoms with E-state index in [2.05, 4.69) is 22.5 Å². The van der Waals surface area contributed by atoms with Crippen LogP contribution in [0.5, 0.6) is 0 Å². The Balaban J connectivity index is 2.33. The van der Waals surface area contributed by atoms with Gasteiger partial charge in [0.05, 0.1) is 12.7 Å². The SMILES string of the molecule is CCNc1cccc(NCCOC(C)C)n1. The lowest BCUT2D eigenvalue weighted by atomic mass is 10.4. The summed E-state index contributed by atoms with van der Waals surface area (Å²) in [5.74, 6) is 1.78. The van der Waals surface area contributed by atoms with Crippen LogP contribution in [0.15, 0.2) is 18.2 Å². The van der Waals surface area contributed by atoms with Crippen LogP contribution in [0, 0.1) is 0 Å². The Hall–Kier alpha value is -1.29. The zero-order valence-electron chi connectivity index (χ0n) is 10.3. The predicted molar refractivity (Wildman–Crippen MR) is 68.0 cm³/mol.